The maximum Gasteiger partial charge on any atom is 0.253 e. The molecule has 0 aliphatic carbocycles. The predicted octanol–water partition coefficient (Wildman–Crippen LogP) is 4.86. The molecule has 0 bridgehead atoms. The molecule has 9 nitrogen and oxygen atoms in total. The average Bonchev–Trinajstić information content (AvgIpc) is 3.45. The lowest BCUT2D eigenvalue weighted by Crippen LogP contribution is -2.39. The van der Waals surface area contributed by atoms with Crippen molar-refractivity contribution in [1.82, 2.24) is 24.0 Å². The molecule has 4 aromatic rings. The van der Waals surface area contributed by atoms with Crippen LogP contribution in [0.25, 0.3) is 22.3 Å². The number of nitrogens with one attached hydrogen (secondary N) is 4. The number of anilines is 3. The van der Waals surface area contributed by atoms with Crippen LogP contribution >= 0.6 is 11.7 Å². The van der Waals surface area contributed by atoms with Gasteiger partial charge in [0.1, 0.15) is 16.9 Å². The summed E-state index contributed by atoms with van der Waals surface area (Å²) in [5.41, 5.74) is 6.76. The number of fused-ring (bicyclic) bond motifs is 1. The van der Waals surface area contributed by atoms with Crippen molar-refractivity contribution in [1.29, 1.82) is 0 Å². The molecular formula is C25H29N7O2S. The van der Waals surface area contributed by atoms with Gasteiger partial charge in [-0.3, -0.25) is 4.79 Å². The molecule has 10 heteroatoms. The number of pyridine rings is 1. The summed E-state index contributed by atoms with van der Waals surface area (Å²) >= 11 is 1.20. The summed E-state index contributed by atoms with van der Waals surface area (Å²) in [7, 11) is 0. The van der Waals surface area contributed by atoms with Crippen molar-refractivity contribution in [3.05, 3.63) is 47.8 Å². The van der Waals surface area contributed by atoms with E-state index in [1.54, 1.807) is 0 Å². The Bertz CT molecular complexity index is 1340. The molecule has 3 aromatic heterocycles. The smallest absolute Gasteiger partial charge is 0.253 e. The number of H-pyrrole nitrogens is 1. The zero-order chi connectivity index (χ0) is 24.4. The van der Waals surface area contributed by atoms with E-state index in [2.05, 4.69) is 48.5 Å². The van der Waals surface area contributed by atoms with Gasteiger partial charge >= 0.3 is 0 Å². The normalized spacial score (nSPS) is 14.4. The quantitative estimate of drug-likeness (QED) is 0.292. The van der Waals surface area contributed by atoms with E-state index < -0.39 is 0 Å². The third kappa shape index (κ3) is 5.28. The van der Waals surface area contributed by atoms with Crippen LogP contribution in [0.3, 0.4) is 0 Å². The van der Waals surface area contributed by atoms with Crippen molar-refractivity contribution >= 4 is 45.9 Å². The molecule has 1 aromatic carbocycles. The van der Waals surface area contributed by atoms with E-state index in [4.69, 9.17) is 4.74 Å². The highest BCUT2D eigenvalue weighted by molar-refractivity contribution is 7.00. The van der Waals surface area contributed by atoms with Gasteiger partial charge in [-0.2, -0.15) is 8.75 Å². The summed E-state index contributed by atoms with van der Waals surface area (Å²) in [6, 6.07) is 10.1. The van der Waals surface area contributed by atoms with Crippen molar-refractivity contribution in [3.8, 4) is 11.3 Å². The lowest BCUT2D eigenvalue weighted by molar-refractivity contribution is 0.0696. The minimum absolute atomic E-state index is 0.0616. The Morgan fingerprint density at radius 2 is 1.94 bits per heavy atom. The molecule has 182 valence electrons. The molecule has 1 amide bonds. The summed E-state index contributed by atoms with van der Waals surface area (Å²) in [6.07, 6.45) is 3.51. The van der Waals surface area contributed by atoms with Gasteiger partial charge in [0.2, 0.25) is 0 Å². The summed E-state index contributed by atoms with van der Waals surface area (Å²) in [5.74, 6) is 0.647. The number of nitrogens with zero attached hydrogens (tertiary/aromatic N) is 3. The van der Waals surface area contributed by atoms with Crippen LogP contribution in [0.2, 0.25) is 0 Å². The fourth-order valence-electron chi connectivity index (χ4n) is 4.22. The molecular weight excluding hydrogens is 462 g/mol. The molecule has 4 N–H and O–H groups in total. The Kier molecular flexibility index (Phi) is 6.65. The first-order valence-electron chi connectivity index (χ1n) is 11.8. The highest BCUT2D eigenvalue weighted by Gasteiger charge is 2.21. The predicted molar refractivity (Wildman–Crippen MR) is 140 cm³/mol. The van der Waals surface area contributed by atoms with Crippen LogP contribution in [0.4, 0.5) is 17.2 Å². The number of benzene rings is 1. The number of hydrogen-bond donors (Lipinski definition) is 4. The molecule has 5 rings (SSSR count). The summed E-state index contributed by atoms with van der Waals surface area (Å²) in [6.45, 7) is 7.48. The third-order valence-corrected chi connectivity index (χ3v) is 6.54. The number of aromatic nitrogens is 4. The minimum Gasteiger partial charge on any atom is -0.382 e. The molecule has 0 saturated carbocycles. The Morgan fingerprint density at radius 1 is 1.14 bits per heavy atom. The Morgan fingerprint density at radius 3 is 2.74 bits per heavy atom. The lowest BCUT2D eigenvalue weighted by Gasteiger charge is -2.23. The van der Waals surface area contributed by atoms with Gasteiger partial charge < -0.3 is 25.7 Å². The van der Waals surface area contributed by atoms with Gasteiger partial charge in [0, 0.05) is 60.2 Å². The van der Waals surface area contributed by atoms with Crippen LogP contribution in [-0.4, -0.2) is 49.9 Å². The van der Waals surface area contributed by atoms with Crippen molar-refractivity contribution in [2.75, 3.05) is 23.8 Å². The lowest BCUT2D eigenvalue weighted by atomic mass is 10.1. The number of rotatable bonds is 7. The molecule has 0 radical (unpaired) electrons. The molecule has 4 heterocycles. The first-order chi connectivity index (χ1) is 17.0. The van der Waals surface area contributed by atoms with E-state index in [0.717, 1.165) is 52.2 Å². The summed E-state index contributed by atoms with van der Waals surface area (Å²) < 4.78 is 14.0. The van der Waals surface area contributed by atoms with E-state index in [1.807, 2.05) is 43.5 Å². The monoisotopic (exact) mass is 491 g/mol. The van der Waals surface area contributed by atoms with Crippen molar-refractivity contribution in [3.63, 3.8) is 0 Å². The number of carbonyl (C=O) groups is 1. The SMILES string of the molecule is Cc1[nH]c(-c2cnc(Nc3ccc4nsnc4c3)cc2NC(C)C)cc1C(=O)NC1CCOCC1. The highest BCUT2D eigenvalue weighted by Crippen LogP contribution is 2.32. The second-order valence-electron chi connectivity index (χ2n) is 9.09. The first-order valence-corrected chi connectivity index (χ1v) is 12.5. The van der Waals surface area contributed by atoms with Crippen LogP contribution in [0.15, 0.2) is 36.5 Å². The molecule has 0 unspecified atom stereocenters. The van der Waals surface area contributed by atoms with Crippen molar-refractivity contribution < 1.29 is 9.53 Å². The molecule has 1 fully saturated rings. The maximum atomic E-state index is 13.0. The third-order valence-electron chi connectivity index (χ3n) is 5.98. The van der Waals surface area contributed by atoms with Crippen LogP contribution in [-0.2, 0) is 4.74 Å². The topological polar surface area (TPSA) is 117 Å². The van der Waals surface area contributed by atoms with E-state index >= 15 is 0 Å². The Labute approximate surface area is 208 Å². The van der Waals surface area contributed by atoms with Crippen LogP contribution in [0.5, 0.6) is 0 Å². The fourth-order valence-corrected chi connectivity index (χ4v) is 4.74. The maximum absolute atomic E-state index is 13.0. The van der Waals surface area contributed by atoms with Crippen LogP contribution in [0.1, 0.15) is 42.7 Å². The van der Waals surface area contributed by atoms with Crippen LogP contribution in [0, 0.1) is 6.92 Å². The number of aromatic amines is 1. The van der Waals surface area contributed by atoms with Gasteiger partial charge in [0.25, 0.3) is 5.91 Å². The zero-order valence-electron chi connectivity index (χ0n) is 20.0. The average molecular weight is 492 g/mol. The number of hydrogen-bond acceptors (Lipinski definition) is 8. The largest absolute Gasteiger partial charge is 0.382 e. The van der Waals surface area contributed by atoms with Gasteiger partial charge in [-0.25, -0.2) is 4.98 Å². The standard InChI is InChI=1S/C25H29N7O2S/c1-14(2)27-22-12-24(29-17-4-5-20-23(10-17)32-35-31-20)26-13-19(22)21-11-18(15(3)28-21)25(33)30-16-6-8-34-9-7-16/h4-5,10-14,16,28H,6-9H2,1-3H3,(H,30,33)(H2,26,27,29). The van der Waals surface area contributed by atoms with Crippen molar-refractivity contribution in [2.45, 2.75) is 45.7 Å². The van der Waals surface area contributed by atoms with E-state index in [-0.39, 0.29) is 18.0 Å². The Hall–Kier alpha value is -3.50. The molecule has 1 aliphatic heterocycles. The number of aryl methyl sites for hydroxylation is 1. The number of carbonyl (C=O) groups excluding carboxylic acids is 1. The van der Waals surface area contributed by atoms with Crippen molar-refractivity contribution in [2.24, 2.45) is 0 Å². The molecule has 0 spiro atoms. The van der Waals surface area contributed by atoms with Gasteiger partial charge in [-0.1, -0.05) is 0 Å². The summed E-state index contributed by atoms with van der Waals surface area (Å²) in [5, 5.41) is 10.0. The second-order valence-corrected chi connectivity index (χ2v) is 9.62. The molecule has 35 heavy (non-hydrogen) atoms. The number of amides is 1. The second kappa shape index (κ2) is 10.0. The van der Waals surface area contributed by atoms with Gasteiger partial charge in [0.05, 0.1) is 23.0 Å². The van der Waals surface area contributed by atoms with Crippen LogP contribution < -0.4 is 16.0 Å². The Balaban J connectivity index is 1.40. The van der Waals surface area contributed by atoms with E-state index in [9.17, 15) is 4.79 Å². The van der Waals surface area contributed by atoms with E-state index in [0.29, 0.717) is 24.6 Å². The van der Waals surface area contributed by atoms with E-state index in [1.165, 1.54) is 11.7 Å². The van der Waals surface area contributed by atoms with Gasteiger partial charge in [0.15, 0.2) is 0 Å². The number of ether oxygens (including phenoxy) is 1. The minimum atomic E-state index is -0.0616. The van der Waals surface area contributed by atoms with Gasteiger partial charge in [-0.05, 0) is 57.9 Å². The summed E-state index contributed by atoms with van der Waals surface area (Å²) in [4.78, 5) is 21.0. The fraction of sp³-hybridized carbons (Fsp3) is 0.360. The molecule has 0 atom stereocenters. The van der Waals surface area contributed by atoms with Gasteiger partial charge in [-0.15, -0.1) is 0 Å². The molecule has 1 aliphatic rings. The molecule has 1 saturated heterocycles. The first kappa shape index (κ1) is 23.3. The zero-order valence-corrected chi connectivity index (χ0v) is 20.8. The highest BCUT2D eigenvalue weighted by atomic mass is 32.1.